The minimum absolute atomic E-state index is 0.0148. The van der Waals surface area contributed by atoms with E-state index in [-0.39, 0.29) is 53.5 Å². The standard InChI is InChI=1S/C71H91N15O10S/c1-44(2)58(79-67(94)96-34-30-84-56(87)25-26-57(84)88)63(90)76-53(17-11-28-73-65(72)93)62(89)75-48-21-19-47(20-22-48)36-86(7,32-14-33-95-8)31-13-27-70-38-68(5)37-69(6,39-70)41-71(40-68,42-70)43-85-46(4)51(35-74-85)50-23-24-55(78-59(50)64(91)92)83-29-12-15-49-45(3)60(81-82-61(49)83)80-66-77-52-16-9-10-18-54(52)97-66/h9-10,16,18-26,35,44,53,58H,11-15,17,27-34,36-43H2,1-8H3,(H7-,72,73,75,76,77,79,80,81,89,90,91,92,93,94)/p+1/t53-,58-,68-,69+,70?,71?,86?/m0/s1. The Morgan fingerprint density at radius 2 is 1.55 bits per heavy atom. The molecule has 26 heteroatoms. The van der Waals surface area contributed by atoms with Crippen molar-refractivity contribution in [3.8, 4) is 11.1 Å². The zero-order valence-corrected chi connectivity index (χ0v) is 57.7. The molecule has 2 aliphatic heterocycles. The molecule has 4 saturated carbocycles. The van der Waals surface area contributed by atoms with E-state index in [0.29, 0.717) is 48.3 Å². The highest BCUT2D eigenvalue weighted by molar-refractivity contribution is 7.22. The molecule has 4 aromatic heterocycles. The van der Waals surface area contributed by atoms with Gasteiger partial charge in [0.05, 0.1) is 49.7 Å². The number of nitrogens with one attached hydrogen (secondary N) is 5. The third kappa shape index (κ3) is 15.9. The summed E-state index contributed by atoms with van der Waals surface area (Å²) >= 11 is 1.56. The maximum absolute atomic E-state index is 14.0. The molecule has 3 unspecified atom stereocenters. The largest absolute Gasteiger partial charge is 0.476 e. The van der Waals surface area contributed by atoms with E-state index in [0.717, 1.165) is 142 Å². The number of alkyl carbamates (subject to hydrolysis) is 1. The number of nitrogens with zero attached hydrogens (tertiary/aromatic N) is 9. The van der Waals surface area contributed by atoms with Gasteiger partial charge in [0.1, 0.15) is 31.1 Å². The van der Waals surface area contributed by atoms with Crippen molar-refractivity contribution in [2.75, 3.05) is 75.6 Å². The molecule has 4 aliphatic carbocycles. The number of nitrogens with two attached hydrogens (primary N) is 1. The van der Waals surface area contributed by atoms with Gasteiger partial charge in [-0.25, -0.2) is 24.4 Å². The fourth-order valence-electron chi connectivity index (χ4n) is 17.4. The normalized spacial score (nSPS) is 22.1. The number of methoxy groups -OCH3 is 1. The van der Waals surface area contributed by atoms with Crippen LogP contribution in [0.1, 0.15) is 138 Å². The lowest BCUT2D eigenvalue weighted by Crippen LogP contribution is -2.60. The number of rotatable bonds is 30. The molecular formula is C71H92N15O10S+. The van der Waals surface area contributed by atoms with E-state index in [1.807, 2.05) is 78.7 Å². The third-order valence-corrected chi connectivity index (χ3v) is 21.4. The molecule has 0 radical (unpaired) electrons. The molecular weight excluding hydrogens is 1250 g/mol. The average Bonchev–Trinajstić information content (AvgIpc) is 0.727. The molecule has 7 atom stereocenters. The van der Waals surface area contributed by atoms with E-state index in [4.69, 9.17) is 35.4 Å². The zero-order chi connectivity index (χ0) is 69.0. The summed E-state index contributed by atoms with van der Waals surface area (Å²) in [5.41, 5.74) is 12.6. The molecule has 97 heavy (non-hydrogen) atoms. The van der Waals surface area contributed by atoms with E-state index in [1.165, 1.54) is 19.3 Å². The fourth-order valence-corrected chi connectivity index (χ4v) is 18.3. The number of para-hydroxylation sites is 1. The Morgan fingerprint density at radius 3 is 2.25 bits per heavy atom. The number of carbonyl (C=O) groups excluding carboxylic acids is 6. The number of carboxylic acids is 1. The smallest absolute Gasteiger partial charge is 0.407 e. The summed E-state index contributed by atoms with van der Waals surface area (Å²) in [7, 11) is 4.06. The van der Waals surface area contributed by atoms with E-state index >= 15 is 0 Å². The predicted molar refractivity (Wildman–Crippen MR) is 369 cm³/mol. The van der Waals surface area contributed by atoms with Gasteiger partial charge in [-0.2, -0.15) is 5.10 Å². The maximum Gasteiger partial charge on any atom is 0.407 e. The number of pyridine rings is 1. The van der Waals surface area contributed by atoms with Crippen LogP contribution in [-0.4, -0.2) is 158 Å². The number of benzene rings is 2. The second-order valence-corrected chi connectivity index (χ2v) is 30.2. The predicted octanol–water partition coefficient (Wildman–Crippen LogP) is 9.87. The number of primary amides is 1. The van der Waals surface area contributed by atoms with Crippen LogP contribution in [0.2, 0.25) is 0 Å². The number of amides is 7. The number of ether oxygens (including phenoxy) is 2. The molecule has 516 valence electrons. The van der Waals surface area contributed by atoms with Gasteiger partial charge in [0.25, 0.3) is 11.8 Å². The molecule has 6 heterocycles. The van der Waals surface area contributed by atoms with Crippen LogP contribution in [0.25, 0.3) is 21.3 Å². The summed E-state index contributed by atoms with van der Waals surface area (Å²) < 4.78 is 14.8. The quantitative estimate of drug-likeness (QED) is 0.0125. The van der Waals surface area contributed by atoms with Gasteiger partial charge in [0.2, 0.25) is 11.8 Å². The van der Waals surface area contributed by atoms with Crippen LogP contribution in [0, 0.1) is 41.4 Å². The van der Waals surface area contributed by atoms with Gasteiger partial charge in [-0.05, 0) is 155 Å². The van der Waals surface area contributed by atoms with Gasteiger partial charge in [0.15, 0.2) is 22.5 Å². The van der Waals surface area contributed by atoms with Crippen LogP contribution in [0.15, 0.2) is 79.0 Å². The second-order valence-electron chi connectivity index (χ2n) is 29.2. The van der Waals surface area contributed by atoms with Crippen molar-refractivity contribution in [3.63, 3.8) is 0 Å². The van der Waals surface area contributed by atoms with E-state index in [2.05, 4.69) is 64.2 Å². The Hall–Kier alpha value is -8.88. The molecule has 4 fully saturated rings. The molecule has 6 aromatic rings. The fraction of sp³-hybridized carbons (Fsp3) is 0.521. The summed E-state index contributed by atoms with van der Waals surface area (Å²) in [5.74, 6) is -1.89. The highest BCUT2D eigenvalue weighted by atomic mass is 32.1. The zero-order valence-electron chi connectivity index (χ0n) is 56.9. The van der Waals surface area contributed by atoms with Crippen molar-refractivity contribution in [1.82, 2.24) is 50.8 Å². The van der Waals surface area contributed by atoms with Gasteiger partial charge in [-0.3, -0.25) is 28.8 Å². The van der Waals surface area contributed by atoms with Crippen molar-refractivity contribution in [2.24, 2.45) is 33.3 Å². The highest BCUT2D eigenvalue weighted by Gasteiger charge is 2.65. The Balaban J connectivity index is 0.733. The monoisotopic (exact) mass is 1350 g/mol. The lowest BCUT2D eigenvalue weighted by atomic mass is 9.35. The summed E-state index contributed by atoms with van der Waals surface area (Å²) in [5, 5.41) is 40.2. The van der Waals surface area contributed by atoms with E-state index in [9.17, 15) is 38.7 Å². The van der Waals surface area contributed by atoms with E-state index < -0.39 is 59.7 Å². The van der Waals surface area contributed by atoms with Gasteiger partial charge in [0, 0.05) is 84.5 Å². The van der Waals surface area contributed by atoms with Gasteiger partial charge in [-0.15, -0.1) is 10.2 Å². The number of quaternary nitrogens is 1. The average molecular weight is 1350 g/mol. The van der Waals surface area contributed by atoms with Crippen molar-refractivity contribution in [3.05, 3.63) is 107 Å². The number of carboxylic acid groups (broad SMARTS) is 1. The van der Waals surface area contributed by atoms with Crippen molar-refractivity contribution in [2.45, 2.75) is 150 Å². The Bertz CT molecular complexity index is 3930. The Kier molecular flexibility index (Phi) is 20.5. The third-order valence-electron chi connectivity index (χ3n) is 20.5. The number of urea groups is 1. The van der Waals surface area contributed by atoms with Crippen LogP contribution in [0.3, 0.4) is 0 Å². The molecule has 0 spiro atoms. The number of hydrogen-bond acceptors (Lipinski definition) is 17. The number of thiazole rings is 1. The maximum atomic E-state index is 14.0. The highest BCUT2D eigenvalue weighted by Crippen LogP contribution is 2.75. The Morgan fingerprint density at radius 1 is 0.825 bits per heavy atom. The van der Waals surface area contributed by atoms with Crippen LogP contribution >= 0.6 is 11.3 Å². The number of aromatic carboxylic acids is 1. The molecule has 25 nitrogen and oxygen atoms in total. The summed E-state index contributed by atoms with van der Waals surface area (Å²) in [6.45, 7) is 16.9. The number of carbonyl (C=O) groups is 7. The molecule has 0 saturated heterocycles. The molecule has 7 amide bonds. The number of imide groups is 1. The first-order valence-corrected chi connectivity index (χ1v) is 34.6. The second kappa shape index (κ2) is 28.7. The topological polar surface area (TPSA) is 320 Å². The summed E-state index contributed by atoms with van der Waals surface area (Å²) in [6, 6.07) is 16.6. The number of anilines is 5. The molecule has 4 bridgehead atoms. The first-order valence-electron chi connectivity index (χ1n) is 33.8. The van der Waals surface area contributed by atoms with Crippen molar-refractivity contribution in [1.29, 1.82) is 0 Å². The molecule has 12 rings (SSSR count). The SMILES string of the molecule is COCCC[N+](C)(CCCC12CC3(Cn4ncc(-c5ccc(N6CCCc7c6nnc(Nc6nc8ccccc8s6)c7C)nc5C(=O)O)c4C)C[C@](C)(C1)C[C@](C)(C2)C3)Cc1ccc(NC(=O)[C@H](CCCNC(N)=O)NC(=O)[C@@H](NC(=O)OCCN2C(=O)C=CC2=O)C(C)C)cc1. The van der Waals surface area contributed by atoms with Gasteiger partial charge in [-0.1, -0.05) is 63.3 Å². The molecule has 6 aliphatic rings. The summed E-state index contributed by atoms with van der Waals surface area (Å²) in [4.78, 5) is 102. The molecule has 8 N–H and O–H groups in total. The van der Waals surface area contributed by atoms with Gasteiger partial charge >= 0.3 is 18.1 Å². The van der Waals surface area contributed by atoms with Crippen LogP contribution < -0.4 is 37.2 Å². The van der Waals surface area contributed by atoms with Crippen LogP contribution in [0.4, 0.5) is 37.9 Å². The number of aromatic nitrogens is 6. The molecule has 2 aromatic carbocycles. The minimum atomic E-state index is -1.11. The lowest BCUT2D eigenvalue weighted by molar-refractivity contribution is -0.923. The van der Waals surface area contributed by atoms with Gasteiger partial charge < -0.3 is 56.3 Å². The van der Waals surface area contributed by atoms with E-state index in [1.54, 1.807) is 32.3 Å². The minimum Gasteiger partial charge on any atom is -0.476 e. The number of hydrogen-bond donors (Lipinski definition) is 7. The first-order chi connectivity index (χ1) is 46.3. The Labute approximate surface area is 569 Å². The van der Waals surface area contributed by atoms with Crippen LogP contribution in [-0.2, 0) is 48.2 Å². The number of fused-ring (bicyclic) bond motifs is 2. The van der Waals surface area contributed by atoms with Crippen LogP contribution in [0.5, 0.6) is 0 Å². The first kappa shape index (κ1) is 69.5. The van der Waals surface area contributed by atoms with Crippen molar-refractivity contribution < 1.29 is 52.6 Å². The van der Waals surface area contributed by atoms with Crippen molar-refractivity contribution >= 4 is 91.5 Å². The lowest BCUT2D eigenvalue weighted by Gasteiger charge is -2.70. The summed E-state index contributed by atoms with van der Waals surface area (Å²) in [6.07, 6.45) is 15.2.